The number of benzene rings is 1. The summed E-state index contributed by atoms with van der Waals surface area (Å²) >= 11 is 0. The number of nitrogen functional groups attached to an aromatic ring is 1. The van der Waals surface area contributed by atoms with Crippen molar-refractivity contribution in [1.29, 1.82) is 0 Å². The molecule has 5 nitrogen and oxygen atoms in total. The molecule has 24 heavy (non-hydrogen) atoms. The molecule has 5 heteroatoms. The van der Waals surface area contributed by atoms with E-state index in [-0.39, 0.29) is 12.0 Å². The van der Waals surface area contributed by atoms with Gasteiger partial charge in [-0.3, -0.25) is 0 Å². The summed E-state index contributed by atoms with van der Waals surface area (Å²) in [4.78, 5) is 2.44. The summed E-state index contributed by atoms with van der Waals surface area (Å²) in [5.41, 5.74) is 7.88. The highest BCUT2D eigenvalue weighted by Gasteiger charge is 2.28. The number of likely N-dealkylation sites (tertiary alicyclic amines) is 1. The van der Waals surface area contributed by atoms with E-state index >= 15 is 0 Å². The maximum atomic E-state index is 10.4. The quantitative estimate of drug-likeness (QED) is 0.715. The van der Waals surface area contributed by atoms with Gasteiger partial charge < -0.3 is 25.2 Å². The molecule has 136 valence electrons. The van der Waals surface area contributed by atoms with Gasteiger partial charge in [-0.1, -0.05) is 6.92 Å². The lowest BCUT2D eigenvalue weighted by Crippen LogP contribution is -2.44. The minimum absolute atomic E-state index is 0.233. The minimum atomic E-state index is -0.249. The van der Waals surface area contributed by atoms with E-state index in [1.807, 2.05) is 26.0 Å². The maximum Gasteiger partial charge on any atom is 0.184 e. The van der Waals surface area contributed by atoms with Gasteiger partial charge in [-0.25, -0.2) is 0 Å². The monoisotopic (exact) mass is 336 g/mol. The number of hydrogen-bond acceptors (Lipinski definition) is 5. The van der Waals surface area contributed by atoms with Crippen molar-refractivity contribution >= 4 is 5.69 Å². The van der Waals surface area contributed by atoms with Crippen molar-refractivity contribution in [3.8, 4) is 11.5 Å². The predicted molar refractivity (Wildman–Crippen MR) is 97.7 cm³/mol. The van der Waals surface area contributed by atoms with Gasteiger partial charge in [-0.15, -0.1) is 0 Å². The van der Waals surface area contributed by atoms with Crippen molar-refractivity contribution in [2.24, 2.45) is 5.92 Å². The first-order valence-corrected chi connectivity index (χ1v) is 9.17. The molecule has 0 aromatic heterocycles. The highest BCUT2D eigenvalue weighted by Crippen LogP contribution is 2.36. The van der Waals surface area contributed by atoms with E-state index in [0.29, 0.717) is 30.4 Å². The molecule has 3 N–H and O–H groups in total. The molecule has 0 spiro atoms. The Morgan fingerprint density at radius 3 is 2.62 bits per heavy atom. The van der Waals surface area contributed by atoms with Crippen LogP contribution in [0.5, 0.6) is 11.5 Å². The zero-order chi connectivity index (χ0) is 17.5. The molecule has 0 bridgehead atoms. The summed E-state index contributed by atoms with van der Waals surface area (Å²) in [7, 11) is 0. The number of aliphatic hydroxyl groups excluding tert-OH is 1. The van der Waals surface area contributed by atoms with Crippen molar-refractivity contribution < 1.29 is 14.6 Å². The highest BCUT2D eigenvalue weighted by atomic mass is 16.5. The largest absolute Gasteiger partial charge is 0.490 e. The van der Waals surface area contributed by atoms with Crippen LogP contribution in [-0.4, -0.2) is 49.0 Å². The van der Waals surface area contributed by atoms with E-state index in [9.17, 15) is 5.11 Å². The number of ether oxygens (including phenoxy) is 2. The topological polar surface area (TPSA) is 68.0 Å². The molecule has 1 aromatic carbocycles. The highest BCUT2D eigenvalue weighted by molar-refractivity contribution is 5.62. The number of nitrogens with two attached hydrogens (primary N) is 1. The van der Waals surface area contributed by atoms with Gasteiger partial charge in [-0.05, 0) is 57.4 Å². The third-order valence-corrected chi connectivity index (χ3v) is 4.55. The first kappa shape index (κ1) is 18.9. The lowest BCUT2D eigenvalue weighted by atomic mass is 9.88. The van der Waals surface area contributed by atoms with Crippen LogP contribution < -0.4 is 15.2 Å². The fourth-order valence-corrected chi connectivity index (χ4v) is 3.48. The second kappa shape index (κ2) is 9.14. The van der Waals surface area contributed by atoms with Crippen LogP contribution in [-0.2, 0) is 6.42 Å². The molecular formula is C19H32N2O3. The number of piperidine rings is 1. The van der Waals surface area contributed by atoms with Crippen LogP contribution in [0.4, 0.5) is 5.69 Å². The van der Waals surface area contributed by atoms with E-state index in [4.69, 9.17) is 15.2 Å². The lowest BCUT2D eigenvalue weighted by Gasteiger charge is -2.36. The maximum absolute atomic E-state index is 10.4. The average molecular weight is 336 g/mol. The Hall–Kier alpha value is -1.46. The molecule has 0 radical (unpaired) electrons. The fourth-order valence-electron chi connectivity index (χ4n) is 3.48. The Bertz CT molecular complexity index is 522. The van der Waals surface area contributed by atoms with Crippen LogP contribution in [0, 0.1) is 5.92 Å². The molecule has 0 amide bonds. The fraction of sp³-hybridized carbons (Fsp3) is 0.684. The Labute approximate surface area is 145 Å². The van der Waals surface area contributed by atoms with Gasteiger partial charge in [0.2, 0.25) is 0 Å². The molecular weight excluding hydrogens is 304 g/mol. The normalized spacial score (nSPS) is 21.7. The summed E-state index contributed by atoms with van der Waals surface area (Å²) in [5, 5.41) is 10.4. The smallest absolute Gasteiger partial charge is 0.184 e. The minimum Gasteiger partial charge on any atom is -0.490 e. The van der Waals surface area contributed by atoms with Crippen LogP contribution in [0.15, 0.2) is 12.1 Å². The average Bonchev–Trinajstić information content (AvgIpc) is 2.54. The standard InChI is InChI=1S/C19H32N2O3/c1-4-8-21-9-7-17(22)15(13-21)10-14-11-16(20)19(24-6-3)18(12-14)23-5-2/h11-12,15,17,22H,4-10,13,20H2,1-3H3. The first-order valence-electron chi connectivity index (χ1n) is 9.17. The van der Waals surface area contributed by atoms with Gasteiger partial charge in [0, 0.05) is 19.0 Å². The van der Waals surface area contributed by atoms with Crippen molar-refractivity contribution in [3.05, 3.63) is 17.7 Å². The summed E-state index contributed by atoms with van der Waals surface area (Å²) in [6.07, 6.45) is 2.54. The van der Waals surface area contributed by atoms with Gasteiger partial charge in [0.25, 0.3) is 0 Å². The van der Waals surface area contributed by atoms with Crippen LogP contribution in [0.2, 0.25) is 0 Å². The van der Waals surface area contributed by atoms with E-state index < -0.39 is 0 Å². The SMILES string of the molecule is CCCN1CCC(O)C(Cc2cc(N)c(OCC)c(OCC)c2)C1. The molecule has 0 saturated carbocycles. The Morgan fingerprint density at radius 2 is 1.96 bits per heavy atom. The Morgan fingerprint density at radius 1 is 1.21 bits per heavy atom. The van der Waals surface area contributed by atoms with Crippen LogP contribution in [0.25, 0.3) is 0 Å². The Kier molecular flexibility index (Phi) is 7.18. The van der Waals surface area contributed by atoms with Gasteiger partial charge in [0.1, 0.15) is 0 Å². The molecule has 1 aromatic rings. The summed E-state index contributed by atoms with van der Waals surface area (Å²) in [6.45, 7) is 10.2. The number of nitrogens with zero attached hydrogens (tertiary/aromatic N) is 1. The number of rotatable bonds is 8. The van der Waals surface area contributed by atoms with Crippen molar-refractivity contribution in [2.45, 2.75) is 46.1 Å². The molecule has 1 saturated heterocycles. The number of aliphatic hydroxyl groups is 1. The second-order valence-corrected chi connectivity index (χ2v) is 6.50. The molecule has 1 aliphatic rings. The van der Waals surface area contributed by atoms with Crippen molar-refractivity contribution in [1.82, 2.24) is 4.90 Å². The Balaban J connectivity index is 2.15. The zero-order valence-electron chi connectivity index (χ0n) is 15.3. The van der Waals surface area contributed by atoms with Gasteiger partial charge in [0.15, 0.2) is 11.5 Å². The summed E-state index contributed by atoms with van der Waals surface area (Å²) in [5.74, 6) is 1.56. The molecule has 1 aliphatic heterocycles. The van der Waals surface area contributed by atoms with Crippen molar-refractivity contribution in [3.63, 3.8) is 0 Å². The van der Waals surface area contributed by atoms with Gasteiger partial charge in [0.05, 0.1) is 25.0 Å². The molecule has 2 atom stereocenters. The third-order valence-electron chi connectivity index (χ3n) is 4.55. The van der Waals surface area contributed by atoms with Crippen LogP contribution >= 0.6 is 0 Å². The van der Waals surface area contributed by atoms with Gasteiger partial charge in [-0.2, -0.15) is 0 Å². The van der Waals surface area contributed by atoms with E-state index in [1.54, 1.807) is 0 Å². The second-order valence-electron chi connectivity index (χ2n) is 6.50. The van der Waals surface area contributed by atoms with Crippen LogP contribution in [0.3, 0.4) is 0 Å². The van der Waals surface area contributed by atoms with Gasteiger partial charge >= 0.3 is 0 Å². The predicted octanol–water partition coefficient (Wildman–Crippen LogP) is 2.70. The third kappa shape index (κ3) is 4.77. The zero-order valence-corrected chi connectivity index (χ0v) is 15.3. The summed E-state index contributed by atoms with van der Waals surface area (Å²) < 4.78 is 11.3. The molecule has 2 rings (SSSR count). The van der Waals surface area contributed by atoms with E-state index in [1.165, 1.54) is 0 Å². The number of anilines is 1. The molecule has 1 heterocycles. The number of hydrogen-bond donors (Lipinski definition) is 2. The van der Waals surface area contributed by atoms with Crippen LogP contribution in [0.1, 0.15) is 39.2 Å². The first-order chi connectivity index (χ1) is 11.6. The van der Waals surface area contributed by atoms with E-state index in [0.717, 1.165) is 44.5 Å². The van der Waals surface area contributed by atoms with E-state index in [2.05, 4.69) is 11.8 Å². The molecule has 2 unspecified atom stereocenters. The summed E-state index contributed by atoms with van der Waals surface area (Å²) in [6, 6.07) is 3.97. The molecule has 0 aliphatic carbocycles. The van der Waals surface area contributed by atoms with Crippen molar-refractivity contribution in [2.75, 3.05) is 38.6 Å². The molecule has 1 fully saturated rings. The lowest BCUT2D eigenvalue weighted by molar-refractivity contribution is 0.0270.